The molecule has 0 aliphatic carbocycles. The summed E-state index contributed by atoms with van der Waals surface area (Å²) >= 11 is 0. The number of rotatable bonds is 8. The fraction of sp³-hybridized carbons (Fsp3) is 0.562. The first kappa shape index (κ1) is 14.9. The summed E-state index contributed by atoms with van der Waals surface area (Å²) in [5, 5.41) is 6.47. The van der Waals surface area contributed by atoms with Crippen LogP contribution in [0.2, 0.25) is 0 Å². The molecule has 1 heterocycles. The lowest BCUT2D eigenvalue weighted by atomic mass is 10.1. The van der Waals surface area contributed by atoms with E-state index in [2.05, 4.69) is 17.6 Å². The first-order valence-electron chi connectivity index (χ1n) is 7.56. The van der Waals surface area contributed by atoms with Crippen LogP contribution in [0.5, 0.6) is 5.75 Å². The number of hydrogen-bond acceptors (Lipinski definition) is 4. The molecule has 0 saturated carbocycles. The van der Waals surface area contributed by atoms with Crippen molar-refractivity contribution in [2.75, 3.05) is 31.6 Å². The van der Waals surface area contributed by atoms with Gasteiger partial charge in [-0.05, 0) is 31.2 Å². The van der Waals surface area contributed by atoms with Gasteiger partial charge in [-0.3, -0.25) is 4.79 Å². The summed E-state index contributed by atoms with van der Waals surface area (Å²) in [7, 11) is 0. The van der Waals surface area contributed by atoms with Crippen LogP contribution in [0.15, 0.2) is 18.2 Å². The molecule has 0 atom stereocenters. The van der Waals surface area contributed by atoms with Gasteiger partial charge in [-0.25, -0.2) is 0 Å². The molecule has 1 aliphatic heterocycles. The summed E-state index contributed by atoms with van der Waals surface area (Å²) in [6, 6.07) is 5.60. The van der Waals surface area contributed by atoms with E-state index in [4.69, 9.17) is 4.74 Å². The Morgan fingerprint density at radius 1 is 1.35 bits per heavy atom. The van der Waals surface area contributed by atoms with Crippen LogP contribution < -0.4 is 15.4 Å². The second-order valence-electron chi connectivity index (χ2n) is 5.15. The molecule has 2 N–H and O–H groups in total. The summed E-state index contributed by atoms with van der Waals surface area (Å²) in [6.45, 7) is 4.99. The first-order valence-corrected chi connectivity index (χ1v) is 7.56. The number of anilines is 1. The highest BCUT2D eigenvalue weighted by Crippen LogP contribution is 2.28. The molecule has 1 aromatic rings. The van der Waals surface area contributed by atoms with Gasteiger partial charge < -0.3 is 15.4 Å². The van der Waals surface area contributed by atoms with Crippen molar-refractivity contribution in [1.29, 1.82) is 0 Å². The molecule has 4 heteroatoms. The van der Waals surface area contributed by atoms with Gasteiger partial charge in [0.25, 0.3) is 0 Å². The molecule has 1 aliphatic rings. The minimum absolute atomic E-state index is 0.135. The Balaban J connectivity index is 1.77. The molecular weight excluding hydrogens is 252 g/mol. The Labute approximate surface area is 120 Å². The molecule has 0 fully saturated rings. The molecule has 110 valence electrons. The van der Waals surface area contributed by atoms with Crippen LogP contribution in [0.1, 0.15) is 43.0 Å². The number of nitrogens with one attached hydrogen (secondary N) is 2. The number of benzene rings is 1. The van der Waals surface area contributed by atoms with Gasteiger partial charge in [0.1, 0.15) is 12.4 Å². The Bertz CT molecular complexity index is 446. The zero-order valence-corrected chi connectivity index (χ0v) is 12.2. The molecule has 0 bridgehead atoms. The highest BCUT2D eigenvalue weighted by atomic mass is 16.5. The van der Waals surface area contributed by atoms with Crippen LogP contribution in [0, 0.1) is 0 Å². The lowest BCUT2D eigenvalue weighted by Crippen LogP contribution is -2.24. The third-order valence-corrected chi connectivity index (χ3v) is 3.47. The van der Waals surface area contributed by atoms with Gasteiger partial charge >= 0.3 is 0 Å². The van der Waals surface area contributed by atoms with E-state index in [1.165, 1.54) is 19.3 Å². The van der Waals surface area contributed by atoms with E-state index in [1.807, 2.05) is 18.2 Å². The third kappa shape index (κ3) is 4.23. The molecule has 0 amide bonds. The lowest BCUT2D eigenvalue weighted by molar-refractivity contribution is 0.0991. The predicted octanol–water partition coefficient (Wildman–Crippen LogP) is 2.84. The number of carbonyl (C=O) groups is 1. The molecule has 0 radical (unpaired) electrons. The number of ether oxygens (including phenoxy) is 1. The molecule has 4 nitrogen and oxygen atoms in total. The Kier molecular flexibility index (Phi) is 5.87. The average Bonchev–Trinajstić information content (AvgIpc) is 2.50. The van der Waals surface area contributed by atoms with Gasteiger partial charge in [-0.15, -0.1) is 0 Å². The molecule has 0 unspecified atom stereocenters. The van der Waals surface area contributed by atoms with Gasteiger partial charge in [-0.2, -0.15) is 0 Å². The Morgan fingerprint density at radius 3 is 3.10 bits per heavy atom. The van der Waals surface area contributed by atoms with Gasteiger partial charge in [0.15, 0.2) is 5.78 Å². The van der Waals surface area contributed by atoms with Gasteiger partial charge in [0, 0.05) is 12.1 Å². The van der Waals surface area contributed by atoms with E-state index >= 15 is 0 Å². The fourth-order valence-electron chi connectivity index (χ4n) is 2.29. The monoisotopic (exact) mass is 276 g/mol. The smallest absolute Gasteiger partial charge is 0.176 e. The van der Waals surface area contributed by atoms with E-state index in [1.54, 1.807) is 0 Å². The SMILES string of the molecule is CCCCCCNCC(=O)c1ccc2c(c1)NCCO2. The zero-order valence-electron chi connectivity index (χ0n) is 12.2. The first-order chi connectivity index (χ1) is 9.81. The van der Waals surface area contributed by atoms with Crippen LogP contribution in [0.25, 0.3) is 0 Å². The standard InChI is InChI=1S/C16H24N2O2/c1-2-3-4-5-8-17-12-15(19)13-6-7-16-14(11-13)18-9-10-20-16/h6-7,11,17-18H,2-5,8-10,12H2,1H3. The number of Topliss-reactive ketones (excluding diaryl/α,β-unsaturated/α-hetero) is 1. The number of unbranched alkanes of at least 4 members (excludes halogenated alkanes) is 3. The van der Waals surface area contributed by atoms with Crippen molar-refractivity contribution in [2.24, 2.45) is 0 Å². The van der Waals surface area contributed by atoms with Crippen molar-refractivity contribution in [3.8, 4) is 5.75 Å². The van der Waals surface area contributed by atoms with Crippen molar-refractivity contribution in [1.82, 2.24) is 5.32 Å². The summed E-state index contributed by atoms with van der Waals surface area (Å²) in [4.78, 5) is 12.1. The molecule has 0 saturated heterocycles. The highest BCUT2D eigenvalue weighted by molar-refractivity contribution is 5.98. The Morgan fingerprint density at radius 2 is 2.25 bits per heavy atom. The largest absolute Gasteiger partial charge is 0.490 e. The second-order valence-corrected chi connectivity index (χ2v) is 5.15. The molecule has 0 spiro atoms. The third-order valence-electron chi connectivity index (χ3n) is 3.47. The van der Waals surface area contributed by atoms with Crippen LogP contribution in [-0.4, -0.2) is 32.0 Å². The molecule has 20 heavy (non-hydrogen) atoms. The quantitative estimate of drug-likeness (QED) is 0.566. The van der Waals surface area contributed by atoms with Crippen LogP contribution in [-0.2, 0) is 0 Å². The number of hydrogen-bond donors (Lipinski definition) is 2. The van der Waals surface area contributed by atoms with E-state index in [-0.39, 0.29) is 5.78 Å². The molecule has 1 aromatic carbocycles. The zero-order chi connectivity index (χ0) is 14.2. The van der Waals surface area contributed by atoms with Crippen LogP contribution in [0.4, 0.5) is 5.69 Å². The van der Waals surface area contributed by atoms with Gasteiger partial charge in [0.05, 0.1) is 12.2 Å². The van der Waals surface area contributed by atoms with E-state index < -0.39 is 0 Å². The maximum atomic E-state index is 12.1. The molecular formula is C16H24N2O2. The summed E-state index contributed by atoms with van der Waals surface area (Å²) in [6.07, 6.45) is 4.88. The summed E-state index contributed by atoms with van der Waals surface area (Å²) in [5.41, 5.74) is 1.66. The molecule has 0 aromatic heterocycles. The minimum Gasteiger partial charge on any atom is -0.490 e. The normalized spacial score (nSPS) is 13.2. The van der Waals surface area contributed by atoms with Crippen molar-refractivity contribution in [3.05, 3.63) is 23.8 Å². The highest BCUT2D eigenvalue weighted by Gasteiger charge is 2.12. The van der Waals surface area contributed by atoms with Gasteiger partial charge in [0.2, 0.25) is 0 Å². The van der Waals surface area contributed by atoms with E-state index in [0.29, 0.717) is 13.2 Å². The van der Waals surface area contributed by atoms with Crippen molar-refractivity contribution in [3.63, 3.8) is 0 Å². The maximum absolute atomic E-state index is 12.1. The van der Waals surface area contributed by atoms with Crippen molar-refractivity contribution in [2.45, 2.75) is 32.6 Å². The second kappa shape index (κ2) is 7.90. The minimum atomic E-state index is 0.135. The predicted molar refractivity (Wildman–Crippen MR) is 81.8 cm³/mol. The van der Waals surface area contributed by atoms with E-state index in [0.717, 1.165) is 36.5 Å². The average molecular weight is 276 g/mol. The topological polar surface area (TPSA) is 50.4 Å². The number of fused-ring (bicyclic) bond motifs is 1. The maximum Gasteiger partial charge on any atom is 0.176 e. The van der Waals surface area contributed by atoms with Crippen LogP contribution >= 0.6 is 0 Å². The molecule has 2 rings (SSSR count). The van der Waals surface area contributed by atoms with E-state index in [9.17, 15) is 4.79 Å². The van der Waals surface area contributed by atoms with Crippen molar-refractivity contribution < 1.29 is 9.53 Å². The fourth-order valence-corrected chi connectivity index (χ4v) is 2.29. The van der Waals surface area contributed by atoms with Crippen LogP contribution in [0.3, 0.4) is 0 Å². The lowest BCUT2D eigenvalue weighted by Gasteiger charge is -2.19. The summed E-state index contributed by atoms with van der Waals surface area (Å²) < 4.78 is 5.50. The Hall–Kier alpha value is -1.55. The van der Waals surface area contributed by atoms with Gasteiger partial charge in [-0.1, -0.05) is 26.2 Å². The summed E-state index contributed by atoms with van der Waals surface area (Å²) in [5.74, 6) is 0.969. The van der Waals surface area contributed by atoms with Crippen molar-refractivity contribution >= 4 is 11.5 Å². The number of ketones is 1. The number of carbonyl (C=O) groups excluding carboxylic acids is 1.